The number of aliphatic carboxylic acids is 1. The molecule has 10 amide bonds. The minimum Gasteiger partial charge on any atom is -0.481 e. The monoisotopic (exact) mass is 1750 g/mol. The second-order valence-corrected chi connectivity index (χ2v) is 31.0. The SMILES string of the molecule is CC[C@H](C)[C@@H](C(CC(=O)N1CCC[C@H]1[C@H](OC)[C@@H](C)C(=O)N[C@H](C)[C@@H](O)c1ccccc1)OC)N(C)C(=O)[C@@H](NC(=O)[C@H](C(C)C)N(C)C(=O)OCc1ccc(NC(=O)[C@H](CCCNC(N)=O)NC(=O)[C@@H](NC(=O)CCOCCOCCOCCOCCOCCOCCOCCOCCOCCOCCOCCOCCC(=O)O)C(C)C)cc1)C(C)C. The van der Waals surface area contributed by atoms with Crippen LogP contribution in [0, 0.1) is 29.6 Å². The second-order valence-electron chi connectivity index (χ2n) is 31.0. The highest BCUT2D eigenvalue weighted by Crippen LogP contribution is 2.31. The van der Waals surface area contributed by atoms with Crippen LogP contribution in [0.15, 0.2) is 54.6 Å². The van der Waals surface area contributed by atoms with Crippen molar-refractivity contribution >= 4 is 65.1 Å². The van der Waals surface area contributed by atoms with Gasteiger partial charge in [-0.25, -0.2) is 9.59 Å². The van der Waals surface area contributed by atoms with Crippen LogP contribution < -0.4 is 37.6 Å². The fourth-order valence-corrected chi connectivity index (χ4v) is 13.5. The lowest BCUT2D eigenvalue weighted by Crippen LogP contribution is -2.60. The number of aliphatic hydroxyl groups is 1. The summed E-state index contributed by atoms with van der Waals surface area (Å²) in [6, 6.07) is 8.67. The zero-order valence-electron chi connectivity index (χ0n) is 75.1. The van der Waals surface area contributed by atoms with Crippen LogP contribution in [-0.4, -0.2) is 339 Å². The summed E-state index contributed by atoms with van der Waals surface area (Å²) in [5, 5.41) is 36.3. The number of carboxylic acids is 1. The third kappa shape index (κ3) is 44.7. The van der Waals surface area contributed by atoms with Gasteiger partial charge in [0.25, 0.3) is 0 Å². The Morgan fingerprint density at radius 3 is 1.44 bits per heavy atom. The number of amides is 10. The number of carbonyl (C=O) groups excluding carboxylic acids is 9. The van der Waals surface area contributed by atoms with E-state index in [0.717, 1.165) is 0 Å². The number of rotatable bonds is 71. The van der Waals surface area contributed by atoms with Crippen LogP contribution in [0.4, 0.5) is 15.3 Å². The molecule has 1 saturated heterocycles. The van der Waals surface area contributed by atoms with Gasteiger partial charge in [0.15, 0.2) is 0 Å². The number of benzene rings is 2. The van der Waals surface area contributed by atoms with E-state index in [1.54, 1.807) is 109 Å². The Morgan fingerprint density at radius 2 is 1.01 bits per heavy atom. The summed E-state index contributed by atoms with van der Waals surface area (Å²) in [7, 11) is 6.08. The standard InChI is InChI=1S/C86H146N10O27/c1-15-62(8)77(70(109-13)57-72(98)96-32-20-24-69(96)79(110-14)63(9)80(102)89-64(10)78(101)66-21-17-16-18-22-66)94(11)84(106)75(60(4)5)93-83(105)76(61(6)7)95(12)86(108)123-58-65-25-27-67(28-26-65)90-81(103)68(23-19-31-88-85(87)107)91-82(104)74(59(2)3)92-71(97)29-33-111-35-37-113-39-41-115-43-45-117-47-49-119-51-53-121-55-56-122-54-52-120-50-48-118-46-44-116-42-40-114-38-36-112-34-30-73(99)100/h16-18,21-22,25-28,59-64,68-70,74-79,101H,15,19-20,23-24,29-58H2,1-14H3,(H,89,102)(H,90,103)(H,91,104)(H,92,97)(H,93,105)(H,99,100)(H3,87,88,107)/t62-,63+,64+,68-,69-,70?,74-,75-,76-,77-,78+,79+/m0/s1. The number of likely N-dealkylation sites (N-methyl/N-ethyl adjacent to an activating group) is 2. The molecule has 1 aliphatic heterocycles. The molecule has 0 saturated carbocycles. The van der Waals surface area contributed by atoms with Crippen LogP contribution in [0.1, 0.15) is 138 Å². The Bertz CT molecular complexity index is 3280. The van der Waals surface area contributed by atoms with Crippen LogP contribution >= 0.6 is 0 Å². The van der Waals surface area contributed by atoms with E-state index in [2.05, 4.69) is 31.9 Å². The summed E-state index contributed by atoms with van der Waals surface area (Å²) < 4.78 is 83.5. The minimum absolute atomic E-state index is 0.0292. The van der Waals surface area contributed by atoms with E-state index in [1.807, 2.05) is 32.0 Å². The van der Waals surface area contributed by atoms with Crippen molar-refractivity contribution < 1.29 is 129 Å². The number of hydrogen-bond acceptors (Lipinski definition) is 26. The molecule has 123 heavy (non-hydrogen) atoms. The number of aliphatic hydroxyl groups excluding tert-OH is 1. The second kappa shape index (κ2) is 64.8. The summed E-state index contributed by atoms with van der Waals surface area (Å²) in [6.07, 6.45) is -1.23. The lowest BCUT2D eigenvalue weighted by molar-refractivity contribution is -0.148. The maximum atomic E-state index is 14.9. The van der Waals surface area contributed by atoms with Gasteiger partial charge in [0.05, 0.1) is 214 Å². The maximum absolute atomic E-state index is 14.9. The van der Waals surface area contributed by atoms with Crippen LogP contribution in [0.5, 0.6) is 0 Å². The molecular weight excluding hydrogens is 1600 g/mol. The van der Waals surface area contributed by atoms with Gasteiger partial charge in [-0.3, -0.25) is 43.3 Å². The normalized spacial score (nSPS) is 15.5. The summed E-state index contributed by atoms with van der Waals surface area (Å²) in [5.41, 5.74) is 6.80. The van der Waals surface area contributed by atoms with E-state index >= 15 is 0 Å². The van der Waals surface area contributed by atoms with Crippen LogP contribution in [-0.2, 0) is 116 Å². The molecule has 2 aromatic carbocycles. The molecule has 10 N–H and O–H groups in total. The molecule has 0 spiro atoms. The average Bonchev–Trinajstić information content (AvgIpc) is 1.65. The number of methoxy groups -OCH3 is 2. The molecule has 12 atom stereocenters. The first-order valence-electron chi connectivity index (χ1n) is 43.0. The van der Waals surface area contributed by atoms with Crippen molar-refractivity contribution in [3.05, 3.63) is 65.7 Å². The summed E-state index contributed by atoms with van der Waals surface area (Å²) in [5.74, 6) is -6.31. The lowest BCUT2D eigenvalue weighted by atomic mass is 9.89. The van der Waals surface area contributed by atoms with E-state index < -0.39 is 132 Å². The molecule has 0 radical (unpaired) electrons. The topological polar surface area (TPSA) is 458 Å². The molecule has 0 aromatic heterocycles. The molecule has 0 bridgehead atoms. The van der Waals surface area contributed by atoms with Crippen LogP contribution in [0.2, 0.25) is 0 Å². The number of primary amides is 1. The van der Waals surface area contributed by atoms with E-state index in [-0.39, 0.29) is 89.4 Å². The van der Waals surface area contributed by atoms with Crippen molar-refractivity contribution in [2.75, 3.05) is 205 Å². The quantitative estimate of drug-likeness (QED) is 0.0407. The zero-order chi connectivity index (χ0) is 90.9. The van der Waals surface area contributed by atoms with Gasteiger partial charge in [-0.15, -0.1) is 0 Å². The number of likely N-dealkylation sites (tertiary alicyclic amines) is 1. The largest absolute Gasteiger partial charge is 0.481 e. The molecule has 1 aliphatic rings. The molecule has 37 heteroatoms. The zero-order valence-corrected chi connectivity index (χ0v) is 75.1. The first-order chi connectivity index (χ1) is 59.0. The highest BCUT2D eigenvalue weighted by atomic mass is 16.6. The molecular formula is C86H146N10O27. The van der Waals surface area contributed by atoms with Crippen molar-refractivity contribution in [3.63, 3.8) is 0 Å². The number of anilines is 1. The Kier molecular flexibility index (Phi) is 57.6. The lowest BCUT2D eigenvalue weighted by Gasteiger charge is -2.41. The number of carbonyl (C=O) groups is 10. The average molecular weight is 1750 g/mol. The Balaban J connectivity index is 1.38. The maximum Gasteiger partial charge on any atom is 0.410 e. The van der Waals surface area contributed by atoms with Gasteiger partial charge in [0, 0.05) is 53.5 Å². The number of urea groups is 1. The number of nitrogens with two attached hydrogens (primary N) is 1. The van der Waals surface area contributed by atoms with Crippen LogP contribution in [0.25, 0.3) is 0 Å². The predicted molar refractivity (Wildman–Crippen MR) is 456 cm³/mol. The minimum atomic E-state index is -1.13. The smallest absolute Gasteiger partial charge is 0.410 e. The Hall–Kier alpha value is -7.86. The molecule has 702 valence electrons. The molecule has 2 aromatic rings. The van der Waals surface area contributed by atoms with Crippen LogP contribution in [0.3, 0.4) is 0 Å². The summed E-state index contributed by atoms with van der Waals surface area (Å²) >= 11 is 0. The van der Waals surface area contributed by atoms with Gasteiger partial charge in [-0.1, -0.05) is 111 Å². The molecule has 3 rings (SSSR count). The molecule has 0 aliphatic carbocycles. The number of carboxylic acid groups (broad SMARTS) is 1. The van der Waals surface area contributed by atoms with Crippen molar-refractivity contribution in [2.24, 2.45) is 35.3 Å². The summed E-state index contributed by atoms with van der Waals surface area (Å²) in [4.78, 5) is 139. The highest BCUT2D eigenvalue weighted by molar-refractivity contribution is 5.98. The number of nitrogens with one attached hydrogen (secondary N) is 6. The van der Waals surface area contributed by atoms with Crippen molar-refractivity contribution in [1.29, 1.82) is 0 Å². The molecule has 1 fully saturated rings. The van der Waals surface area contributed by atoms with E-state index in [1.165, 1.54) is 26.2 Å². The third-order valence-corrected chi connectivity index (χ3v) is 20.6. The van der Waals surface area contributed by atoms with Gasteiger partial charge < -0.3 is 129 Å². The van der Waals surface area contributed by atoms with E-state index in [0.29, 0.717) is 175 Å². The van der Waals surface area contributed by atoms with E-state index in [4.69, 9.17) is 81.9 Å². The fourth-order valence-electron chi connectivity index (χ4n) is 13.5. The van der Waals surface area contributed by atoms with Crippen molar-refractivity contribution in [3.8, 4) is 0 Å². The highest BCUT2D eigenvalue weighted by Gasteiger charge is 2.44. The van der Waals surface area contributed by atoms with Gasteiger partial charge in [-0.2, -0.15) is 0 Å². The van der Waals surface area contributed by atoms with E-state index in [9.17, 15) is 53.1 Å². The van der Waals surface area contributed by atoms with Gasteiger partial charge >= 0.3 is 18.1 Å². The Morgan fingerprint density at radius 1 is 0.537 bits per heavy atom. The summed E-state index contributed by atoms with van der Waals surface area (Å²) in [6.45, 7) is 27.1. The van der Waals surface area contributed by atoms with Crippen molar-refractivity contribution in [2.45, 2.75) is 188 Å². The van der Waals surface area contributed by atoms with Gasteiger partial charge in [0.2, 0.25) is 41.4 Å². The van der Waals surface area contributed by atoms with Crippen molar-refractivity contribution in [1.82, 2.24) is 41.3 Å². The number of ether oxygens (including phenoxy) is 15. The first kappa shape index (κ1) is 109. The van der Waals surface area contributed by atoms with Gasteiger partial charge in [-0.05, 0) is 79.5 Å². The Labute approximate surface area is 726 Å². The third-order valence-electron chi connectivity index (χ3n) is 20.6. The molecule has 37 nitrogen and oxygen atoms in total. The first-order valence-corrected chi connectivity index (χ1v) is 43.0. The molecule has 1 unspecified atom stereocenters. The number of nitrogens with zero attached hydrogens (tertiary/aromatic N) is 3. The fraction of sp³-hybridized carbons (Fsp3) is 0.744. The van der Waals surface area contributed by atoms with Gasteiger partial charge in [0.1, 0.15) is 30.8 Å². The predicted octanol–water partition coefficient (Wildman–Crippen LogP) is 4.66. The molecule has 1 heterocycles. The number of hydrogen-bond donors (Lipinski definition) is 9.